The summed E-state index contributed by atoms with van der Waals surface area (Å²) in [5.41, 5.74) is 1.47. The van der Waals surface area contributed by atoms with E-state index in [2.05, 4.69) is 15.6 Å². The molecular weight excluding hydrogens is 270 g/mol. The molecule has 2 heterocycles. The predicted octanol–water partition coefficient (Wildman–Crippen LogP) is 2.97. The normalized spacial score (nSPS) is 10.2. The van der Waals surface area contributed by atoms with Crippen LogP contribution in [0.15, 0.2) is 35.1 Å². The van der Waals surface area contributed by atoms with Gasteiger partial charge in [0.2, 0.25) is 5.91 Å². The van der Waals surface area contributed by atoms with Crippen LogP contribution in [0.4, 0.5) is 11.5 Å². The van der Waals surface area contributed by atoms with Crippen LogP contribution in [0.25, 0.3) is 0 Å². The fourth-order valence-corrected chi connectivity index (χ4v) is 1.78. The molecule has 21 heavy (non-hydrogen) atoms. The monoisotopic (exact) mass is 287 g/mol. The van der Waals surface area contributed by atoms with Gasteiger partial charge in [-0.05, 0) is 37.1 Å². The Kier molecular flexibility index (Phi) is 4.71. The molecule has 6 nitrogen and oxygen atoms in total. The molecule has 0 aliphatic carbocycles. The van der Waals surface area contributed by atoms with E-state index in [9.17, 15) is 9.59 Å². The van der Waals surface area contributed by atoms with Gasteiger partial charge in [0, 0.05) is 6.42 Å². The first-order valence-corrected chi connectivity index (χ1v) is 6.71. The van der Waals surface area contributed by atoms with E-state index < -0.39 is 0 Å². The molecular formula is C15H17N3O3. The molecule has 0 aliphatic heterocycles. The Morgan fingerprint density at radius 1 is 1.33 bits per heavy atom. The standard InChI is InChI=1S/C15H17N3O3/c1-3-5-14(19)17-11-9-16-13(8-10(11)2)18-15(20)12-6-4-7-21-12/h4,6-9H,3,5H2,1-2H3,(H,17,19)(H,16,18,20). The van der Waals surface area contributed by atoms with Crippen LogP contribution in [0.1, 0.15) is 35.9 Å². The largest absolute Gasteiger partial charge is 0.459 e. The highest BCUT2D eigenvalue weighted by Gasteiger charge is 2.11. The Bertz CT molecular complexity index is 636. The number of aryl methyl sites for hydroxylation is 1. The van der Waals surface area contributed by atoms with E-state index in [4.69, 9.17) is 4.42 Å². The number of nitrogens with zero attached hydrogens (tertiary/aromatic N) is 1. The average Bonchev–Trinajstić information content (AvgIpc) is 2.96. The molecule has 0 atom stereocenters. The number of furan rings is 1. The summed E-state index contributed by atoms with van der Waals surface area (Å²) < 4.78 is 5.00. The summed E-state index contributed by atoms with van der Waals surface area (Å²) in [4.78, 5) is 27.5. The van der Waals surface area contributed by atoms with Crippen LogP contribution in [-0.2, 0) is 4.79 Å². The smallest absolute Gasteiger partial charge is 0.292 e. The molecule has 0 aliphatic rings. The van der Waals surface area contributed by atoms with Crippen molar-refractivity contribution in [2.24, 2.45) is 0 Å². The van der Waals surface area contributed by atoms with Crippen LogP contribution in [0.3, 0.4) is 0 Å². The zero-order chi connectivity index (χ0) is 15.2. The van der Waals surface area contributed by atoms with Crippen LogP contribution in [-0.4, -0.2) is 16.8 Å². The fourth-order valence-electron chi connectivity index (χ4n) is 1.78. The van der Waals surface area contributed by atoms with Crippen molar-refractivity contribution in [2.75, 3.05) is 10.6 Å². The van der Waals surface area contributed by atoms with Crippen molar-refractivity contribution in [1.29, 1.82) is 0 Å². The minimum Gasteiger partial charge on any atom is -0.459 e. The third-order valence-corrected chi connectivity index (χ3v) is 2.85. The Balaban J connectivity index is 2.05. The molecule has 2 N–H and O–H groups in total. The number of hydrogen-bond acceptors (Lipinski definition) is 4. The number of pyridine rings is 1. The molecule has 2 rings (SSSR count). The fraction of sp³-hybridized carbons (Fsp3) is 0.267. The summed E-state index contributed by atoms with van der Waals surface area (Å²) in [5.74, 6) is 0.210. The Labute approximate surface area is 122 Å². The zero-order valence-electron chi connectivity index (χ0n) is 12.0. The minimum atomic E-state index is -0.366. The lowest BCUT2D eigenvalue weighted by Gasteiger charge is -2.09. The van der Waals surface area contributed by atoms with Gasteiger partial charge >= 0.3 is 0 Å². The van der Waals surface area contributed by atoms with Gasteiger partial charge in [-0.2, -0.15) is 0 Å². The number of nitrogens with one attached hydrogen (secondary N) is 2. The summed E-state index contributed by atoms with van der Waals surface area (Å²) in [7, 11) is 0. The van der Waals surface area contributed by atoms with Gasteiger partial charge < -0.3 is 15.1 Å². The second kappa shape index (κ2) is 6.69. The van der Waals surface area contributed by atoms with Gasteiger partial charge in [-0.15, -0.1) is 0 Å². The topological polar surface area (TPSA) is 84.2 Å². The maximum absolute atomic E-state index is 11.8. The van der Waals surface area contributed by atoms with E-state index in [1.165, 1.54) is 12.5 Å². The molecule has 0 aromatic carbocycles. The molecule has 2 aromatic rings. The van der Waals surface area contributed by atoms with E-state index in [-0.39, 0.29) is 17.6 Å². The highest BCUT2D eigenvalue weighted by molar-refractivity contribution is 6.01. The Morgan fingerprint density at radius 2 is 2.14 bits per heavy atom. The van der Waals surface area contributed by atoms with Gasteiger partial charge in [0.25, 0.3) is 5.91 Å². The van der Waals surface area contributed by atoms with E-state index in [1.807, 2.05) is 13.8 Å². The molecule has 0 radical (unpaired) electrons. The molecule has 0 saturated heterocycles. The maximum atomic E-state index is 11.8. The van der Waals surface area contributed by atoms with Crippen LogP contribution < -0.4 is 10.6 Å². The molecule has 6 heteroatoms. The molecule has 0 saturated carbocycles. The third-order valence-electron chi connectivity index (χ3n) is 2.85. The van der Waals surface area contributed by atoms with Crippen LogP contribution >= 0.6 is 0 Å². The lowest BCUT2D eigenvalue weighted by atomic mass is 10.2. The summed E-state index contributed by atoms with van der Waals surface area (Å²) in [6.07, 6.45) is 4.21. The van der Waals surface area contributed by atoms with Gasteiger partial charge in [0.05, 0.1) is 18.1 Å². The molecule has 0 fully saturated rings. The number of aromatic nitrogens is 1. The van der Waals surface area contributed by atoms with Gasteiger partial charge in [0.1, 0.15) is 5.82 Å². The van der Waals surface area contributed by atoms with E-state index >= 15 is 0 Å². The van der Waals surface area contributed by atoms with Crippen molar-refractivity contribution in [1.82, 2.24) is 4.98 Å². The van der Waals surface area contributed by atoms with Gasteiger partial charge in [-0.3, -0.25) is 9.59 Å². The summed E-state index contributed by atoms with van der Waals surface area (Å²) in [6.45, 7) is 3.78. The first kappa shape index (κ1) is 14.8. The maximum Gasteiger partial charge on any atom is 0.292 e. The average molecular weight is 287 g/mol. The number of amides is 2. The number of anilines is 2. The molecule has 2 aromatic heterocycles. The molecule has 2 amide bonds. The van der Waals surface area contributed by atoms with Crippen molar-refractivity contribution in [3.63, 3.8) is 0 Å². The lowest BCUT2D eigenvalue weighted by Crippen LogP contribution is -2.14. The number of hydrogen-bond donors (Lipinski definition) is 2. The van der Waals surface area contributed by atoms with Gasteiger partial charge in [-0.1, -0.05) is 6.92 Å². The summed E-state index contributed by atoms with van der Waals surface area (Å²) in [6, 6.07) is 4.91. The first-order chi connectivity index (χ1) is 10.1. The van der Waals surface area contributed by atoms with Crippen molar-refractivity contribution in [2.45, 2.75) is 26.7 Å². The second-order valence-electron chi connectivity index (χ2n) is 4.61. The van der Waals surface area contributed by atoms with Crippen LogP contribution in [0, 0.1) is 6.92 Å². The Morgan fingerprint density at radius 3 is 2.76 bits per heavy atom. The van der Waals surface area contributed by atoms with E-state index in [0.29, 0.717) is 17.9 Å². The van der Waals surface area contributed by atoms with Gasteiger partial charge in [-0.25, -0.2) is 4.98 Å². The van der Waals surface area contributed by atoms with Crippen LogP contribution in [0.2, 0.25) is 0 Å². The molecule has 0 bridgehead atoms. The molecule has 0 spiro atoms. The summed E-state index contributed by atoms with van der Waals surface area (Å²) in [5, 5.41) is 5.42. The van der Waals surface area contributed by atoms with E-state index in [0.717, 1.165) is 12.0 Å². The quantitative estimate of drug-likeness (QED) is 0.885. The van der Waals surface area contributed by atoms with Crippen molar-refractivity contribution in [3.05, 3.63) is 42.0 Å². The number of carbonyl (C=O) groups excluding carboxylic acids is 2. The highest BCUT2D eigenvalue weighted by atomic mass is 16.3. The second-order valence-corrected chi connectivity index (χ2v) is 4.61. The highest BCUT2D eigenvalue weighted by Crippen LogP contribution is 2.17. The first-order valence-electron chi connectivity index (χ1n) is 6.71. The Hall–Kier alpha value is -2.63. The third kappa shape index (κ3) is 3.92. The lowest BCUT2D eigenvalue weighted by molar-refractivity contribution is -0.116. The van der Waals surface area contributed by atoms with Gasteiger partial charge in [0.15, 0.2) is 5.76 Å². The SMILES string of the molecule is CCCC(=O)Nc1cnc(NC(=O)c2ccco2)cc1C. The number of carbonyl (C=O) groups is 2. The van der Waals surface area contributed by atoms with Crippen molar-refractivity contribution in [3.8, 4) is 0 Å². The molecule has 0 unspecified atom stereocenters. The minimum absolute atomic E-state index is 0.0465. The summed E-state index contributed by atoms with van der Waals surface area (Å²) >= 11 is 0. The molecule has 110 valence electrons. The van der Waals surface area contributed by atoms with Crippen LogP contribution in [0.5, 0.6) is 0 Å². The number of rotatable bonds is 5. The zero-order valence-corrected chi connectivity index (χ0v) is 12.0. The van der Waals surface area contributed by atoms with Crippen molar-refractivity contribution < 1.29 is 14.0 Å². The predicted molar refractivity (Wildman–Crippen MR) is 79.2 cm³/mol. The van der Waals surface area contributed by atoms with E-state index in [1.54, 1.807) is 18.2 Å². The van der Waals surface area contributed by atoms with Crippen molar-refractivity contribution >= 4 is 23.3 Å².